The van der Waals surface area contributed by atoms with E-state index in [1.807, 2.05) is 0 Å². The van der Waals surface area contributed by atoms with Gasteiger partial charge in [-0.05, 0) is 31.4 Å². The van der Waals surface area contributed by atoms with Crippen LogP contribution in [0.1, 0.15) is 61.9 Å². The van der Waals surface area contributed by atoms with Crippen molar-refractivity contribution in [1.29, 1.82) is 0 Å². The Morgan fingerprint density at radius 3 is 2.79 bits per heavy atom. The van der Waals surface area contributed by atoms with Gasteiger partial charge in [0.1, 0.15) is 11.3 Å². The molecule has 1 heterocycles. The molecule has 0 radical (unpaired) electrons. The molecule has 1 aliphatic heterocycles. The average Bonchev–Trinajstić information content (AvgIpc) is 2.60. The van der Waals surface area contributed by atoms with Crippen LogP contribution >= 0.6 is 0 Å². The molecule has 9 heteroatoms. The maximum atomic E-state index is 13.0. The van der Waals surface area contributed by atoms with Crippen LogP contribution in [0.15, 0.2) is 18.2 Å². The highest BCUT2D eigenvalue weighted by atomic mass is 19.3. The van der Waals surface area contributed by atoms with Crippen molar-refractivity contribution in [2.75, 3.05) is 6.61 Å². The SMILES string of the molecule is CCCCCCOC(=O)c1cccc2c1OB(O)[C@@H](NC(=O)CC(C)(F)F)C2. The molecule has 0 saturated carbocycles. The largest absolute Gasteiger partial charge is 0.547 e. The van der Waals surface area contributed by atoms with Crippen molar-refractivity contribution in [2.24, 2.45) is 0 Å². The molecular formula is C19H26BF2NO5. The fraction of sp³-hybridized carbons (Fsp3) is 0.579. The van der Waals surface area contributed by atoms with E-state index in [-0.39, 0.29) is 17.7 Å². The van der Waals surface area contributed by atoms with Crippen LogP contribution in [0, 0.1) is 0 Å². The Morgan fingerprint density at radius 1 is 1.36 bits per heavy atom. The van der Waals surface area contributed by atoms with Crippen molar-refractivity contribution in [3.8, 4) is 5.75 Å². The fourth-order valence-corrected chi connectivity index (χ4v) is 3.02. The van der Waals surface area contributed by atoms with E-state index in [0.29, 0.717) is 19.1 Å². The van der Waals surface area contributed by atoms with Gasteiger partial charge in [-0.3, -0.25) is 4.79 Å². The van der Waals surface area contributed by atoms with E-state index in [2.05, 4.69) is 12.2 Å². The Hall–Kier alpha value is -2.16. The van der Waals surface area contributed by atoms with E-state index in [1.165, 1.54) is 6.07 Å². The van der Waals surface area contributed by atoms with Gasteiger partial charge < -0.3 is 19.7 Å². The Morgan fingerprint density at radius 2 is 2.11 bits per heavy atom. The molecule has 2 N–H and O–H groups in total. The van der Waals surface area contributed by atoms with Gasteiger partial charge in [-0.25, -0.2) is 13.6 Å². The lowest BCUT2D eigenvalue weighted by Gasteiger charge is -2.29. The molecule has 28 heavy (non-hydrogen) atoms. The topological polar surface area (TPSA) is 84.9 Å². The van der Waals surface area contributed by atoms with E-state index in [0.717, 1.165) is 25.7 Å². The third-order valence-electron chi connectivity index (χ3n) is 4.39. The van der Waals surface area contributed by atoms with Crippen LogP contribution in [0.3, 0.4) is 0 Å². The number of nitrogens with one attached hydrogen (secondary N) is 1. The molecule has 0 spiro atoms. The normalized spacial score (nSPS) is 16.2. The number of benzene rings is 1. The number of rotatable bonds is 9. The number of para-hydroxylation sites is 1. The average molecular weight is 397 g/mol. The molecule has 1 aromatic rings. The molecule has 1 aliphatic rings. The molecule has 6 nitrogen and oxygen atoms in total. The summed E-state index contributed by atoms with van der Waals surface area (Å²) in [5.41, 5.74) is 0.774. The van der Waals surface area contributed by atoms with Crippen LogP contribution in [0.25, 0.3) is 0 Å². The fourth-order valence-electron chi connectivity index (χ4n) is 3.02. The highest BCUT2D eigenvalue weighted by Gasteiger charge is 2.39. The molecule has 0 aromatic heterocycles. The number of ether oxygens (including phenoxy) is 1. The molecule has 0 bridgehead atoms. The highest BCUT2D eigenvalue weighted by Crippen LogP contribution is 2.31. The summed E-state index contributed by atoms with van der Waals surface area (Å²) in [7, 11) is -1.46. The van der Waals surface area contributed by atoms with E-state index < -0.39 is 37.3 Å². The van der Waals surface area contributed by atoms with E-state index in [9.17, 15) is 23.4 Å². The van der Waals surface area contributed by atoms with Gasteiger partial charge in [0.15, 0.2) is 0 Å². The predicted octanol–water partition coefficient (Wildman–Crippen LogP) is 2.91. The third kappa shape index (κ3) is 6.47. The number of carbonyl (C=O) groups excluding carboxylic acids is 2. The molecule has 1 aromatic carbocycles. The van der Waals surface area contributed by atoms with Gasteiger partial charge in [0, 0.05) is 0 Å². The lowest BCUT2D eigenvalue weighted by Crippen LogP contribution is -2.53. The third-order valence-corrected chi connectivity index (χ3v) is 4.39. The number of amides is 1. The van der Waals surface area contributed by atoms with Crippen LogP contribution in [0.2, 0.25) is 0 Å². The van der Waals surface area contributed by atoms with Crippen molar-refractivity contribution in [2.45, 2.75) is 64.2 Å². The number of hydrogen-bond donors (Lipinski definition) is 2. The van der Waals surface area contributed by atoms with Gasteiger partial charge in [0.25, 0.3) is 5.92 Å². The second-order valence-electron chi connectivity index (χ2n) is 7.12. The lowest BCUT2D eigenvalue weighted by atomic mass is 9.72. The van der Waals surface area contributed by atoms with Gasteiger partial charge in [-0.15, -0.1) is 0 Å². The minimum absolute atomic E-state index is 0.148. The predicted molar refractivity (Wildman–Crippen MR) is 100 cm³/mol. The minimum Gasteiger partial charge on any atom is -0.534 e. The van der Waals surface area contributed by atoms with Gasteiger partial charge in [-0.1, -0.05) is 38.3 Å². The zero-order chi connectivity index (χ0) is 20.7. The number of halogens is 2. The summed E-state index contributed by atoms with van der Waals surface area (Å²) in [6.45, 7) is 3.04. The van der Waals surface area contributed by atoms with Gasteiger partial charge in [0.05, 0.1) is 19.0 Å². The second kappa shape index (κ2) is 9.86. The summed E-state index contributed by atoms with van der Waals surface area (Å²) >= 11 is 0. The summed E-state index contributed by atoms with van der Waals surface area (Å²) in [5, 5.41) is 12.5. The standard InChI is InChI=1S/C19H26BF2NO5/c1-3-4-5-6-10-27-18(25)14-9-7-8-13-11-15(20(26)28-17(13)14)23-16(24)12-19(2,21)22/h7-9,15,26H,3-6,10-12H2,1-2H3,(H,23,24)/t15-/m0/s1. The smallest absolute Gasteiger partial charge is 0.534 e. The number of esters is 1. The first-order valence-electron chi connectivity index (χ1n) is 9.52. The van der Waals surface area contributed by atoms with Gasteiger partial charge >= 0.3 is 13.1 Å². The summed E-state index contributed by atoms with van der Waals surface area (Å²) in [4.78, 5) is 24.1. The van der Waals surface area contributed by atoms with E-state index in [1.54, 1.807) is 12.1 Å². The van der Waals surface area contributed by atoms with Gasteiger partial charge in [-0.2, -0.15) is 0 Å². The summed E-state index contributed by atoms with van der Waals surface area (Å²) in [6, 6.07) is 4.87. The van der Waals surface area contributed by atoms with E-state index in [4.69, 9.17) is 9.39 Å². The molecule has 1 amide bonds. The van der Waals surface area contributed by atoms with Crippen molar-refractivity contribution in [3.05, 3.63) is 29.3 Å². The van der Waals surface area contributed by atoms with E-state index >= 15 is 0 Å². The summed E-state index contributed by atoms with van der Waals surface area (Å²) in [6.07, 6.45) is 3.07. The molecule has 2 rings (SSSR count). The Bertz CT molecular complexity index is 695. The summed E-state index contributed by atoms with van der Waals surface area (Å²) in [5.74, 6) is -5.27. The Balaban J connectivity index is 2.01. The van der Waals surface area contributed by atoms with Crippen LogP contribution in [0.5, 0.6) is 5.75 Å². The number of unbranched alkanes of at least 4 members (excludes halogenated alkanes) is 3. The number of fused-ring (bicyclic) bond motifs is 1. The molecule has 0 fully saturated rings. The Labute approximate surface area is 163 Å². The highest BCUT2D eigenvalue weighted by molar-refractivity contribution is 6.47. The quantitative estimate of drug-likeness (QED) is 0.380. The minimum atomic E-state index is -3.14. The zero-order valence-electron chi connectivity index (χ0n) is 16.2. The Kier molecular flexibility index (Phi) is 7.80. The monoisotopic (exact) mass is 397 g/mol. The molecular weight excluding hydrogens is 371 g/mol. The van der Waals surface area contributed by atoms with Crippen molar-refractivity contribution in [1.82, 2.24) is 5.32 Å². The number of alkyl halides is 2. The summed E-state index contributed by atoms with van der Waals surface area (Å²) < 4.78 is 36.6. The number of hydrogen-bond acceptors (Lipinski definition) is 5. The van der Waals surface area contributed by atoms with Crippen LogP contribution in [0.4, 0.5) is 8.78 Å². The maximum absolute atomic E-state index is 13.0. The maximum Gasteiger partial charge on any atom is 0.547 e. The van der Waals surface area contributed by atoms with Crippen LogP contribution < -0.4 is 9.97 Å². The second-order valence-corrected chi connectivity index (χ2v) is 7.12. The molecule has 154 valence electrons. The molecule has 0 saturated heterocycles. The number of carbonyl (C=O) groups is 2. The molecule has 0 aliphatic carbocycles. The molecule has 1 atom stereocenters. The van der Waals surface area contributed by atoms with Crippen LogP contribution in [-0.2, 0) is 16.0 Å². The first-order valence-corrected chi connectivity index (χ1v) is 9.52. The molecule has 0 unspecified atom stereocenters. The zero-order valence-corrected chi connectivity index (χ0v) is 16.2. The van der Waals surface area contributed by atoms with Crippen molar-refractivity contribution >= 4 is 19.0 Å². The van der Waals surface area contributed by atoms with Crippen molar-refractivity contribution in [3.63, 3.8) is 0 Å². The van der Waals surface area contributed by atoms with Crippen LogP contribution in [-0.4, -0.2) is 42.5 Å². The first kappa shape index (κ1) is 22.1. The van der Waals surface area contributed by atoms with Crippen molar-refractivity contribution < 1.29 is 32.8 Å². The first-order chi connectivity index (χ1) is 13.2. The van der Waals surface area contributed by atoms with Gasteiger partial charge in [0.2, 0.25) is 5.91 Å². The lowest BCUT2D eigenvalue weighted by molar-refractivity contribution is -0.127.